The monoisotopic (exact) mass is 517 g/mol. The largest absolute Gasteiger partial charge is 0.495 e. The molecule has 0 bridgehead atoms. The molecule has 3 heterocycles. The molecule has 0 aliphatic carbocycles. The highest BCUT2D eigenvalue weighted by Crippen LogP contribution is 2.42. The molecule has 37 heavy (non-hydrogen) atoms. The van der Waals surface area contributed by atoms with Crippen LogP contribution >= 0.6 is 0 Å². The van der Waals surface area contributed by atoms with Gasteiger partial charge in [-0.25, -0.2) is 4.98 Å². The van der Waals surface area contributed by atoms with E-state index in [1.54, 1.807) is 25.1 Å². The van der Waals surface area contributed by atoms with Gasteiger partial charge in [0, 0.05) is 26.2 Å². The highest BCUT2D eigenvalue weighted by atomic mass is 16.7. The fourth-order valence-corrected chi connectivity index (χ4v) is 4.35. The quantitative estimate of drug-likeness (QED) is 0.336. The third-order valence-electron chi connectivity index (χ3n) is 5.73. The number of benzene rings is 1. The minimum absolute atomic E-state index is 0.192. The van der Waals surface area contributed by atoms with Crippen LogP contribution in [-0.2, 0) is 33.3 Å². The number of aromatic nitrogens is 1. The molecule has 5 atom stereocenters. The first-order valence-corrected chi connectivity index (χ1v) is 11.4. The van der Waals surface area contributed by atoms with Gasteiger partial charge < -0.3 is 37.6 Å². The summed E-state index contributed by atoms with van der Waals surface area (Å²) in [5.41, 5.74) is 0.723. The van der Waals surface area contributed by atoms with Crippen molar-refractivity contribution in [2.24, 2.45) is 0 Å². The zero-order valence-corrected chi connectivity index (χ0v) is 21.1. The van der Waals surface area contributed by atoms with Gasteiger partial charge >= 0.3 is 17.9 Å². The van der Waals surface area contributed by atoms with Crippen LogP contribution < -0.4 is 14.2 Å². The Bertz CT molecular complexity index is 1330. The lowest BCUT2D eigenvalue weighted by atomic mass is 9.98. The average molecular weight is 517 g/mol. The smallest absolute Gasteiger partial charge is 0.303 e. The standard InChI is InChI=1S/C25H27NO11/c1-11-19(34-12(2)27)22(35-13(3)28)23(36-14(4)29)25(33-11)37-17-8-7-15-18(21(17)31-6)26-24-16(9-10-32-24)20(15)30-5/h7-11,19,22-23,25H,1-6H3/t11-,19+,22-,23-,25-/m0/s1. The van der Waals surface area contributed by atoms with Gasteiger partial charge in [0.2, 0.25) is 18.1 Å². The number of carbonyl (C=O) groups is 3. The number of hydrogen-bond acceptors (Lipinski definition) is 12. The van der Waals surface area contributed by atoms with Crippen LogP contribution in [-0.4, -0.2) is 67.8 Å². The Balaban J connectivity index is 1.78. The number of esters is 3. The molecule has 198 valence electrons. The van der Waals surface area contributed by atoms with Crippen LogP contribution in [0.4, 0.5) is 0 Å². The van der Waals surface area contributed by atoms with E-state index in [1.165, 1.54) is 41.3 Å². The molecule has 0 saturated carbocycles. The van der Waals surface area contributed by atoms with Crippen molar-refractivity contribution >= 4 is 39.9 Å². The van der Waals surface area contributed by atoms with Crippen molar-refractivity contribution in [1.82, 2.24) is 4.98 Å². The van der Waals surface area contributed by atoms with Crippen LogP contribution in [0, 0.1) is 0 Å². The summed E-state index contributed by atoms with van der Waals surface area (Å²) in [7, 11) is 2.97. The molecule has 3 aromatic rings. The first kappa shape index (κ1) is 26.0. The van der Waals surface area contributed by atoms with E-state index in [0.717, 1.165) is 0 Å². The summed E-state index contributed by atoms with van der Waals surface area (Å²) in [5, 5.41) is 1.33. The second-order valence-corrected chi connectivity index (χ2v) is 8.33. The van der Waals surface area contributed by atoms with Crippen molar-refractivity contribution in [1.29, 1.82) is 0 Å². The van der Waals surface area contributed by atoms with E-state index in [0.29, 0.717) is 27.8 Å². The van der Waals surface area contributed by atoms with Crippen LogP contribution in [0.15, 0.2) is 28.9 Å². The van der Waals surface area contributed by atoms with Crippen LogP contribution in [0.25, 0.3) is 22.0 Å². The number of pyridine rings is 1. The molecule has 0 spiro atoms. The Morgan fingerprint density at radius 3 is 2.05 bits per heavy atom. The summed E-state index contributed by atoms with van der Waals surface area (Å²) >= 11 is 0. The third-order valence-corrected chi connectivity index (χ3v) is 5.73. The van der Waals surface area contributed by atoms with Crippen LogP contribution in [0.1, 0.15) is 27.7 Å². The predicted molar refractivity (Wildman–Crippen MR) is 126 cm³/mol. The van der Waals surface area contributed by atoms with Gasteiger partial charge in [-0.05, 0) is 25.1 Å². The highest BCUT2D eigenvalue weighted by molar-refractivity contribution is 6.02. The minimum Gasteiger partial charge on any atom is -0.495 e. The maximum atomic E-state index is 12.0. The number of fused-ring (bicyclic) bond motifs is 2. The molecule has 0 radical (unpaired) electrons. The van der Waals surface area contributed by atoms with Crippen LogP contribution in [0.5, 0.6) is 17.2 Å². The number of methoxy groups -OCH3 is 2. The topological polar surface area (TPSA) is 142 Å². The van der Waals surface area contributed by atoms with E-state index in [-0.39, 0.29) is 11.5 Å². The zero-order chi connectivity index (χ0) is 26.9. The normalized spacial score (nSPS) is 23.4. The van der Waals surface area contributed by atoms with Crippen molar-refractivity contribution < 1.29 is 52.0 Å². The van der Waals surface area contributed by atoms with Gasteiger partial charge in [0.25, 0.3) is 0 Å². The van der Waals surface area contributed by atoms with Gasteiger partial charge in [0.1, 0.15) is 11.3 Å². The second-order valence-electron chi connectivity index (χ2n) is 8.33. The molecule has 0 N–H and O–H groups in total. The lowest BCUT2D eigenvalue weighted by Gasteiger charge is -2.43. The van der Waals surface area contributed by atoms with Gasteiger partial charge in [-0.3, -0.25) is 14.4 Å². The van der Waals surface area contributed by atoms with Crippen LogP contribution in [0.3, 0.4) is 0 Å². The van der Waals surface area contributed by atoms with Crippen molar-refractivity contribution in [3.05, 3.63) is 24.5 Å². The zero-order valence-electron chi connectivity index (χ0n) is 21.1. The van der Waals surface area contributed by atoms with E-state index >= 15 is 0 Å². The molecule has 1 aromatic carbocycles. The molecule has 1 aliphatic rings. The number of rotatable bonds is 7. The minimum atomic E-state index is -1.28. The molecular formula is C25H27NO11. The van der Waals surface area contributed by atoms with E-state index in [9.17, 15) is 14.4 Å². The van der Waals surface area contributed by atoms with Crippen molar-refractivity contribution in [2.45, 2.75) is 58.4 Å². The fourth-order valence-electron chi connectivity index (χ4n) is 4.35. The van der Waals surface area contributed by atoms with E-state index in [4.69, 9.17) is 37.6 Å². The van der Waals surface area contributed by atoms with Gasteiger partial charge in [-0.1, -0.05) is 0 Å². The summed E-state index contributed by atoms with van der Waals surface area (Å²) in [6.07, 6.45) is -4.10. The molecular weight excluding hydrogens is 490 g/mol. The molecule has 1 fully saturated rings. The summed E-state index contributed by atoms with van der Waals surface area (Å²) in [4.78, 5) is 40.2. The van der Waals surface area contributed by atoms with Crippen molar-refractivity contribution in [3.63, 3.8) is 0 Å². The molecule has 1 saturated heterocycles. The Labute approximate surface area is 211 Å². The second kappa shape index (κ2) is 10.5. The van der Waals surface area contributed by atoms with Gasteiger partial charge in [0.05, 0.1) is 32.0 Å². The summed E-state index contributed by atoms with van der Waals surface area (Å²) in [5.74, 6) is -1.02. The summed E-state index contributed by atoms with van der Waals surface area (Å²) < 4.78 is 45.0. The van der Waals surface area contributed by atoms with E-state index < -0.39 is 48.6 Å². The predicted octanol–water partition coefficient (Wildman–Crippen LogP) is 2.92. The van der Waals surface area contributed by atoms with Crippen molar-refractivity contribution in [2.75, 3.05) is 14.2 Å². The number of ether oxygens (including phenoxy) is 7. The van der Waals surface area contributed by atoms with Crippen LogP contribution in [0.2, 0.25) is 0 Å². The molecule has 0 unspecified atom stereocenters. The Hall–Kier alpha value is -4.06. The SMILES string of the molecule is COc1c2ccoc2nc2c(OC)c(O[C@@H]3O[C@@H](C)[C@@H](OC(C)=O)[C@H](OC(C)=O)[C@@H]3OC(C)=O)ccc12. The Kier molecular flexibility index (Phi) is 7.39. The highest BCUT2D eigenvalue weighted by Gasteiger charge is 2.51. The van der Waals surface area contributed by atoms with Gasteiger partial charge in [0.15, 0.2) is 23.7 Å². The number of carbonyl (C=O) groups excluding carboxylic acids is 3. The Morgan fingerprint density at radius 1 is 0.811 bits per heavy atom. The van der Waals surface area contributed by atoms with Gasteiger partial charge in [-0.2, -0.15) is 0 Å². The Morgan fingerprint density at radius 2 is 1.43 bits per heavy atom. The first-order valence-electron chi connectivity index (χ1n) is 11.4. The number of nitrogens with zero attached hydrogens (tertiary/aromatic N) is 1. The molecule has 2 aromatic heterocycles. The third kappa shape index (κ3) is 5.10. The van der Waals surface area contributed by atoms with Gasteiger partial charge in [-0.15, -0.1) is 0 Å². The van der Waals surface area contributed by atoms with Crippen molar-refractivity contribution in [3.8, 4) is 17.2 Å². The molecule has 1 aliphatic heterocycles. The number of furan rings is 1. The molecule has 12 heteroatoms. The fraction of sp³-hybridized carbons (Fsp3) is 0.440. The lowest BCUT2D eigenvalue weighted by molar-refractivity contribution is -0.280. The molecule has 0 amide bonds. The lowest BCUT2D eigenvalue weighted by Crippen LogP contribution is -2.62. The maximum Gasteiger partial charge on any atom is 0.303 e. The summed E-state index contributed by atoms with van der Waals surface area (Å²) in [6.45, 7) is 5.19. The van der Waals surface area contributed by atoms with E-state index in [1.807, 2.05) is 0 Å². The van der Waals surface area contributed by atoms with E-state index in [2.05, 4.69) is 4.98 Å². The molecule has 4 rings (SSSR count). The average Bonchev–Trinajstić information content (AvgIpc) is 3.29. The maximum absolute atomic E-state index is 12.0. The number of hydrogen-bond donors (Lipinski definition) is 0. The first-order chi connectivity index (χ1) is 17.6. The summed E-state index contributed by atoms with van der Waals surface area (Å²) in [6, 6.07) is 5.09. The molecule has 12 nitrogen and oxygen atoms in total.